The second-order valence-corrected chi connectivity index (χ2v) is 4.73. The molecular formula is C12H13FN2OS. The van der Waals surface area contributed by atoms with Crippen molar-refractivity contribution in [2.75, 3.05) is 11.9 Å². The molecule has 17 heavy (non-hydrogen) atoms. The van der Waals surface area contributed by atoms with E-state index in [-0.39, 0.29) is 16.7 Å². The van der Waals surface area contributed by atoms with Crippen LogP contribution in [0.4, 0.5) is 10.1 Å². The SMILES string of the molecule is CN(C(=O)C1(C(N)=S)CC1)c1cccc(F)c1. The number of thiocarbonyl (C=S) groups is 1. The van der Waals surface area contributed by atoms with Crippen molar-refractivity contribution in [3.8, 4) is 0 Å². The minimum atomic E-state index is -0.698. The number of hydrogen-bond acceptors (Lipinski definition) is 2. The number of amides is 1. The van der Waals surface area contributed by atoms with Gasteiger partial charge in [0.2, 0.25) is 5.91 Å². The Labute approximate surface area is 104 Å². The summed E-state index contributed by atoms with van der Waals surface area (Å²) in [6.45, 7) is 0. The van der Waals surface area contributed by atoms with Gasteiger partial charge in [0.25, 0.3) is 0 Å². The molecule has 2 rings (SSSR count). The van der Waals surface area contributed by atoms with E-state index in [0.29, 0.717) is 18.5 Å². The van der Waals surface area contributed by atoms with Crippen molar-refractivity contribution in [3.63, 3.8) is 0 Å². The molecule has 0 atom stereocenters. The molecule has 0 unspecified atom stereocenters. The number of rotatable bonds is 3. The van der Waals surface area contributed by atoms with Crippen molar-refractivity contribution >= 4 is 28.8 Å². The highest BCUT2D eigenvalue weighted by Crippen LogP contribution is 2.47. The Morgan fingerprint density at radius 1 is 1.53 bits per heavy atom. The van der Waals surface area contributed by atoms with E-state index in [0.717, 1.165) is 0 Å². The van der Waals surface area contributed by atoms with E-state index >= 15 is 0 Å². The standard InChI is InChI=1S/C12H13FN2OS/c1-15(9-4-2-3-8(13)7-9)11(16)12(5-6-12)10(14)17/h2-4,7H,5-6H2,1H3,(H2,14,17). The largest absolute Gasteiger partial charge is 0.392 e. The molecule has 1 aromatic carbocycles. The molecule has 1 aliphatic carbocycles. The normalized spacial score (nSPS) is 16.4. The molecule has 1 aromatic rings. The summed E-state index contributed by atoms with van der Waals surface area (Å²) in [5, 5.41) is 0. The summed E-state index contributed by atoms with van der Waals surface area (Å²) in [4.78, 5) is 13.9. The van der Waals surface area contributed by atoms with E-state index in [9.17, 15) is 9.18 Å². The highest BCUT2D eigenvalue weighted by molar-refractivity contribution is 7.80. The van der Waals surface area contributed by atoms with Crippen LogP contribution in [0.25, 0.3) is 0 Å². The number of benzene rings is 1. The van der Waals surface area contributed by atoms with Crippen LogP contribution in [0.3, 0.4) is 0 Å². The van der Waals surface area contributed by atoms with Gasteiger partial charge in [-0.25, -0.2) is 4.39 Å². The second kappa shape index (κ2) is 4.07. The molecule has 1 amide bonds. The Kier molecular flexibility index (Phi) is 2.87. The quantitative estimate of drug-likeness (QED) is 0.835. The van der Waals surface area contributed by atoms with Gasteiger partial charge in [0, 0.05) is 12.7 Å². The zero-order chi connectivity index (χ0) is 12.6. The smallest absolute Gasteiger partial charge is 0.239 e. The molecule has 0 spiro atoms. The third-order valence-electron chi connectivity index (χ3n) is 3.13. The number of halogens is 1. The molecule has 0 aromatic heterocycles. The van der Waals surface area contributed by atoms with Crippen molar-refractivity contribution in [3.05, 3.63) is 30.1 Å². The first-order chi connectivity index (χ1) is 7.97. The minimum absolute atomic E-state index is 0.157. The van der Waals surface area contributed by atoms with Crippen molar-refractivity contribution in [1.29, 1.82) is 0 Å². The first-order valence-electron chi connectivity index (χ1n) is 5.31. The predicted octanol–water partition coefficient (Wildman–Crippen LogP) is 1.85. The lowest BCUT2D eigenvalue weighted by Crippen LogP contribution is -2.40. The summed E-state index contributed by atoms with van der Waals surface area (Å²) in [6.07, 6.45) is 1.36. The molecule has 3 nitrogen and oxygen atoms in total. The van der Waals surface area contributed by atoms with Gasteiger partial charge in [-0.05, 0) is 31.0 Å². The van der Waals surface area contributed by atoms with Crippen LogP contribution in [0.15, 0.2) is 24.3 Å². The maximum atomic E-state index is 13.1. The lowest BCUT2D eigenvalue weighted by molar-refractivity contribution is -0.121. The molecule has 0 saturated heterocycles. The van der Waals surface area contributed by atoms with E-state index in [2.05, 4.69) is 0 Å². The topological polar surface area (TPSA) is 46.3 Å². The fraction of sp³-hybridized carbons (Fsp3) is 0.333. The van der Waals surface area contributed by atoms with Crippen molar-refractivity contribution in [2.45, 2.75) is 12.8 Å². The average molecular weight is 252 g/mol. The van der Waals surface area contributed by atoms with Gasteiger partial charge >= 0.3 is 0 Å². The first-order valence-corrected chi connectivity index (χ1v) is 5.72. The van der Waals surface area contributed by atoms with Gasteiger partial charge in [0.05, 0.1) is 10.4 Å². The number of carbonyl (C=O) groups is 1. The first kappa shape index (κ1) is 12.0. The molecule has 1 fully saturated rings. The zero-order valence-electron chi connectivity index (χ0n) is 9.44. The third kappa shape index (κ3) is 2.02. The van der Waals surface area contributed by atoms with E-state index in [1.165, 1.54) is 17.0 Å². The van der Waals surface area contributed by atoms with Crippen molar-refractivity contribution < 1.29 is 9.18 Å². The second-order valence-electron chi connectivity index (χ2n) is 4.29. The molecule has 0 radical (unpaired) electrons. The summed E-state index contributed by atoms with van der Waals surface area (Å²) in [6, 6.07) is 5.89. The molecule has 90 valence electrons. The molecular weight excluding hydrogens is 239 g/mol. The number of anilines is 1. The fourth-order valence-corrected chi connectivity index (χ4v) is 2.11. The van der Waals surface area contributed by atoms with Crippen molar-refractivity contribution in [1.82, 2.24) is 0 Å². The van der Waals surface area contributed by atoms with Gasteiger partial charge in [-0.3, -0.25) is 4.79 Å². The van der Waals surface area contributed by atoms with Crippen LogP contribution in [0.1, 0.15) is 12.8 Å². The third-order valence-corrected chi connectivity index (χ3v) is 3.52. The van der Waals surface area contributed by atoms with Crippen LogP contribution in [0.2, 0.25) is 0 Å². The number of nitrogens with zero attached hydrogens (tertiary/aromatic N) is 1. The van der Waals surface area contributed by atoms with E-state index < -0.39 is 5.41 Å². The molecule has 1 aliphatic rings. The summed E-state index contributed by atoms with van der Waals surface area (Å²) >= 11 is 4.92. The Hall–Kier alpha value is -1.49. The lowest BCUT2D eigenvalue weighted by Gasteiger charge is -2.22. The minimum Gasteiger partial charge on any atom is -0.392 e. The van der Waals surface area contributed by atoms with Crippen LogP contribution in [-0.4, -0.2) is 17.9 Å². The number of hydrogen-bond donors (Lipinski definition) is 1. The Bertz CT molecular complexity index is 485. The molecule has 5 heteroatoms. The Morgan fingerprint density at radius 2 is 2.18 bits per heavy atom. The van der Waals surface area contributed by atoms with Crippen molar-refractivity contribution in [2.24, 2.45) is 11.1 Å². The van der Waals surface area contributed by atoms with Gasteiger partial charge in [-0.15, -0.1) is 0 Å². The zero-order valence-corrected chi connectivity index (χ0v) is 10.3. The summed E-state index contributed by atoms with van der Waals surface area (Å²) < 4.78 is 13.1. The molecule has 0 bridgehead atoms. The maximum absolute atomic E-state index is 13.1. The van der Waals surface area contributed by atoms with Crippen LogP contribution < -0.4 is 10.6 Å². The van der Waals surface area contributed by atoms with Gasteiger partial charge < -0.3 is 10.6 Å². The molecule has 2 N–H and O–H groups in total. The molecule has 0 aliphatic heterocycles. The predicted molar refractivity (Wildman–Crippen MR) is 68.3 cm³/mol. The van der Waals surface area contributed by atoms with Crippen LogP contribution >= 0.6 is 12.2 Å². The highest BCUT2D eigenvalue weighted by Gasteiger charge is 2.54. The van der Waals surface area contributed by atoms with Crippen LogP contribution in [-0.2, 0) is 4.79 Å². The van der Waals surface area contributed by atoms with Gasteiger partial charge in [0.15, 0.2) is 0 Å². The van der Waals surface area contributed by atoms with E-state index in [4.69, 9.17) is 18.0 Å². The van der Waals surface area contributed by atoms with Gasteiger partial charge in [0.1, 0.15) is 5.82 Å². The molecule has 1 saturated carbocycles. The summed E-state index contributed by atoms with van der Waals surface area (Å²) in [7, 11) is 1.61. The number of carbonyl (C=O) groups excluding carboxylic acids is 1. The Balaban J connectivity index is 2.24. The average Bonchev–Trinajstić information content (AvgIpc) is 3.08. The highest BCUT2D eigenvalue weighted by atomic mass is 32.1. The van der Waals surface area contributed by atoms with Gasteiger partial charge in [-0.1, -0.05) is 18.3 Å². The number of nitrogens with two attached hydrogens (primary N) is 1. The van der Waals surface area contributed by atoms with E-state index in [1.54, 1.807) is 19.2 Å². The van der Waals surface area contributed by atoms with E-state index in [1.807, 2.05) is 0 Å². The Morgan fingerprint density at radius 3 is 2.65 bits per heavy atom. The molecule has 0 heterocycles. The summed E-state index contributed by atoms with van der Waals surface area (Å²) in [5.41, 5.74) is 5.40. The summed E-state index contributed by atoms with van der Waals surface area (Å²) in [5.74, 6) is -0.530. The monoisotopic (exact) mass is 252 g/mol. The lowest BCUT2D eigenvalue weighted by atomic mass is 10.1. The van der Waals surface area contributed by atoms with Crippen LogP contribution in [0.5, 0.6) is 0 Å². The van der Waals surface area contributed by atoms with Crippen LogP contribution in [0, 0.1) is 11.2 Å². The fourth-order valence-electron chi connectivity index (χ4n) is 1.81. The maximum Gasteiger partial charge on any atom is 0.239 e. The van der Waals surface area contributed by atoms with Gasteiger partial charge in [-0.2, -0.15) is 0 Å².